The van der Waals surface area contributed by atoms with Crippen molar-refractivity contribution in [2.75, 3.05) is 13.1 Å². The second-order valence-corrected chi connectivity index (χ2v) is 4.54. The molecule has 4 nitrogen and oxygen atoms in total. The van der Waals surface area contributed by atoms with Crippen LogP contribution >= 0.6 is 0 Å². The minimum Gasteiger partial charge on any atom is -0.481 e. The molecule has 0 saturated heterocycles. The molecular formula is C15H21NO3. The van der Waals surface area contributed by atoms with Crippen molar-refractivity contribution in [2.24, 2.45) is 0 Å². The average molecular weight is 263 g/mol. The number of carbonyl (C=O) groups excluding carboxylic acids is 1. The summed E-state index contributed by atoms with van der Waals surface area (Å²) in [6, 6.07) is 9.53. The Kier molecular flexibility index (Phi) is 6.64. The molecule has 0 aliphatic heterocycles. The van der Waals surface area contributed by atoms with Crippen LogP contribution in [0, 0.1) is 0 Å². The predicted molar refractivity (Wildman–Crippen MR) is 73.9 cm³/mol. The summed E-state index contributed by atoms with van der Waals surface area (Å²) in [6.45, 7) is 2.98. The van der Waals surface area contributed by atoms with Crippen molar-refractivity contribution in [1.82, 2.24) is 4.90 Å². The van der Waals surface area contributed by atoms with E-state index in [0.29, 0.717) is 19.5 Å². The molecule has 19 heavy (non-hydrogen) atoms. The lowest BCUT2D eigenvalue weighted by molar-refractivity contribution is -0.138. The summed E-state index contributed by atoms with van der Waals surface area (Å²) in [5, 5.41) is 8.72. The lowest BCUT2D eigenvalue weighted by atomic mass is 10.1. The molecule has 1 rings (SSSR count). The number of carbonyl (C=O) groups is 2. The van der Waals surface area contributed by atoms with Gasteiger partial charge in [-0.15, -0.1) is 0 Å². The van der Waals surface area contributed by atoms with Crippen molar-refractivity contribution >= 4 is 11.9 Å². The third kappa shape index (κ3) is 6.04. The summed E-state index contributed by atoms with van der Waals surface area (Å²) in [5.74, 6) is -0.866. The van der Waals surface area contributed by atoms with E-state index in [9.17, 15) is 9.59 Å². The van der Waals surface area contributed by atoms with Crippen LogP contribution in [-0.4, -0.2) is 35.0 Å². The van der Waals surface area contributed by atoms with Gasteiger partial charge in [0.05, 0.1) is 12.8 Å². The second-order valence-electron chi connectivity index (χ2n) is 4.54. The molecule has 0 radical (unpaired) electrons. The Morgan fingerprint density at radius 1 is 1.16 bits per heavy atom. The van der Waals surface area contributed by atoms with Gasteiger partial charge < -0.3 is 10.0 Å². The smallest absolute Gasteiger partial charge is 0.305 e. The van der Waals surface area contributed by atoms with Crippen molar-refractivity contribution in [1.29, 1.82) is 0 Å². The van der Waals surface area contributed by atoms with Crippen LogP contribution in [0.2, 0.25) is 0 Å². The van der Waals surface area contributed by atoms with E-state index in [2.05, 4.69) is 6.92 Å². The monoisotopic (exact) mass is 263 g/mol. The molecular weight excluding hydrogens is 242 g/mol. The van der Waals surface area contributed by atoms with Crippen LogP contribution in [0.3, 0.4) is 0 Å². The highest BCUT2D eigenvalue weighted by molar-refractivity contribution is 5.79. The molecule has 104 valence electrons. The zero-order chi connectivity index (χ0) is 14.1. The Bertz CT molecular complexity index is 403. The number of hydrogen-bond acceptors (Lipinski definition) is 2. The molecule has 0 aromatic heterocycles. The van der Waals surface area contributed by atoms with E-state index in [4.69, 9.17) is 5.11 Å². The van der Waals surface area contributed by atoms with Crippen molar-refractivity contribution in [3.8, 4) is 0 Å². The van der Waals surface area contributed by atoms with Gasteiger partial charge >= 0.3 is 5.97 Å². The molecule has 1 N–H and O–H groups in total. The van der Waals surface area contributed by atoms with Crippen molar-refractivity contribution < 1.29 is 14.7 Å². The molecule has 0 atom stereocenters. The number of carboxylic acids is 1. The van der Waals surface area contributed by atoms with Crippen LogP contribution in [0.4, 0.5) is 0 Å². The summed E-state index contributed by atoms with van der Waals surface area (Å²) >= 11 is 0. The topological polar surface area (TPSA) is 57.6 Å². The highest BCUT2D eigenvalue weighted by atomic mass is 16.4. The van der Waals surface area contributed by atoms with Crippen molar-refractivity contribution in [2.45, 2.75) is 32.6 Å². The Morgan fingerprint density at radius 3 is 2.42 bits per heavy atom. The third-order valence-electron chi connectivity index (χ3n) is 2.93. The van der Waals surface area contributed by atoms with Crippen molar-refractivity contribution in [3.05, 3.63) is 35.9 Å². The quantitative estimate of drug-likeness (QED) is 0.783. The second kappa shape index (κ2) is 8.29. The molecule has 0 aliphatic rings. The molecule has 1 amide bonds. The van der Waals surface area contributed by atoms with Crippen LogP contribution in [-0.2, 0) is 16.0 Å². The van der Waals surface area contributed by atoms with Gasteiger partial charge in [0.15, 0.2) is 0 Å². The van der Waals surface area contributed by atoms with E-state index in [1.165, 1.54) is 0 Å². The summed E-state index contributed by atoms with van der Waals surface area (Å²) in [5.41, 5.74) is 0.962. The standard InChI is InChI=1S/C15H21NO3/c1-2-3-10-16(11-9-15(18)19)14(17)12-13-7-5-4-6-8-13/h4-8H,2-3,9-12H2,1H3,(H,18,19). The predicted octanol–water partition coefficient (Wildman–Crippen LogP) is 2.33. The Labute approximate surface area is 114 Å². The van der Waals surface area contributed by atoms with Crippen molar-refractivity contribution in [3.63, 3.8) is 0 Å². The Balaban J connectivity index is 2.57. The summed E-state index contributed by atoms with van der Waals surface area (Å²) in [4.78, 5) is 24.4. The summed E-state index contributed by atoms with van der Waals surface area (Å²) < 4.78 is 0. The van der Waals surface area contributed by atoms with Gasteiger partial charge in [-0.25, -0.2) is 0 Å². The molecule has 0 bridgehead atoms. The van der Waals surface area contributed by atoms with Crippen LogP contribution in [0.25, 0.3) is 0 Å². The van der Waals surface area contributed by atoms with Gasteiger partial charge in [0.2, 0.25) is 5.91 Å². The number of amides is 1. The first-order valence-corrected chi connectivity index (χ1v) is 6.67. The van der Waals surface area contributed by atoms with Gasteiger partial charge in [-0.2, -0.15) is 0 Å². The van der Waals surface area contributed by atoms with E-state index in [1.807, 2.05) is 30.3 Å². The average Bonchev–Trinajstić information content (AvgIpc) is 2.39. The zero-order valence-corrected chi connectivity index (χ0v) is 11.3. The number of benzene rings is 1. The van der Waals surface area contributed by atoms with E-state index >= 15 is 0 Å². The fourth-order valence-electron chi connectivity index (χ4n) is 1.82. The SMILES string of the molecule is CCCCN(CCC(=O)O)C(=O)Cc1ccccc1. The van der Waals surface area contributed by atoms with Gasteiger partial charge in [-0.1, -0.05) is 43.7 Å². The van der Waals surface area contributed by atoms with Crippen LogP contribution in [0.5, 0.6) is 0 Å². The maximum absolute atomic E-state index is 12.2. The van der Waals surface area contributed by atoms with Gasteiger partial charge in [-0.05, 0) is 12.0 Å². The lowest BCUT2D eigenvalue weighted by Crippen LogP contribution is -2.35. The first-order chi connectivity index (χ1) is 9.13. The van der Waals surface area contributed by atoms with E-state index in [0.717, 1.165) is 18.4 Å². The van der Waals surface area contributed by atoms with Gasteiger partial charge in [0.1, 0.15) is 0 Å². The van der Waals surface area contributed by atoms with Gasteiger partial charge in [-0.3, -0.25) is 9.59 Å². The number of hydrogen-bond donors (Lipinski definition) is 1. The van der Waals surface area contributed by atoms with Gasteiger partial charge in [0.25, 0.3) is 0 Å². The van der Waals surface area contributed by atoms with E-state index < -0.39 is 5.97 Å². The van der Waals surface area contributed by atoms with E-state index in [-0.39, 0.29) is 12.3 Å². The first kappa shape index (κ1) is 15.2. The van der Waals surface area contributed by atoms with Crippen LogP contribution < -0.4 is 0 Å². The number of aliphatic carboxylic acids is 1. The van der Waals surface area contributed by atoms with Crippen LogP contribution in [0.1, 0.15) is 31.7 Å². The lowest BCUT2D eigenvalue weighted by Gasteiger charge is -2.22. The largest absolute Gasteiger partial charge is 0.481 e. The first-order valence-electron chi connectivity index (χ1n) is 6.67. The number of carboxylic acid groups (broad SMARTS) is 1. The molecule has 0 unspecified atom stereocenters. The molecule has 0 spiro atoms. The van der Waals surface area contributed by atoms with E-state index in [1.54, 1.807) is 4.90 Å². The normalized spacial score (nSPS) is 10.2. The summed E-state index contributed by atoms with van der Waals surface area (Å²) in [6.07, 6.45) is 2.23. The molecule has 0 fully saturated rings. The minimum absolute atomic E-state index is 0.000833. The maximum atomic E-state index is 12.2. The fraction of sp³-hybridized carbons (Fsp3) is 0.467. The number of unbranched alkanes of at least 4 members (excludes halogenated alkanes) is 1. The highest BCUT2D eigenvalue weighted by Gasteiger charge is 2.14. The van der Waals surface area contributed by atoms with Gasteiger partial charge in [0, 0.05) is 13.1 Å². The molecule has 1 aromatic carbocycles. The Hall–Kier alpha value is -1.84. The number of rotatable bonds is 8. The third-order valence-corrected chi connectivity index (χ3v) is 2.93. The molecule has 0 aliphatic carbocycles. The highest BCUT2D eigenvalue weighted by Crippen LogP contribution is 2.05. The maximum Gasteiger partial charge on any atom is 0.305 e. The Morgan fingerprint density at radius 2 is 1.84 bits per heavy atom. The fourth-order valence-corrected chi connectivity index (χ4v) is 1.82. The molecule has 0 heterocycles. The summed E-state index contributed by atoms with van der Waals surface area (Å²) in [7, 11) is 0. The molecule has 1 aromatic rings. The number of nitrogens with zero attached hydrogens (tertiary/aromatic N) is 1. The zero-order valence-electron chi connectivity index (χ0n) is 11.3. The molecule has 4 heteroatoms. The molecule has 0 saturated carbocycles. The minimum atomic E-state index is -0.867. The van der Waals surface area contributed by atoms with Crippen LogP contribution in [0.15, 0.2) is 30.3 Å².